The molecule has 1 fully saturated rings. The second kappa shape index (κ2) is 2.05. The highest BCUT2D eigenvalue weighted by molar-refractivity contribution is 5.02. The zero-order valence-corrected chi connectivity index (χ0v) is 5.74. The van der Waals surface area contributed by atoms with Crippen LogP contribution in [0.4, 0.5) is 0 Å². The summed E-state index contributed by atoms with van der Waals surface area (Å²) in [7, 11) is 0. The van der Waals surface area contributed by atoms with Crippen molar-refractivity contribution < 1.29 is 4.42 Å². The third kappa shape index (κ3) is 0.724. The van der Waals surface area contributed by atoms with Gasteiger partial charge in [0.25, 0.3) is 0 Å². The Bertz CT molecular complexity index is 209. The van der Waals surface area contributed by atoms with Gasteiger partial charge in [-0.05, 0) is 6.92 Å². The van der Waals surface area contributed by atoms with E-state index in [1.807, 2.05) is 0 Å². The summed E-state index contributed by atoms with van der Waals surface area (Å²) in [5, 5.41) is 10.7. The van der Waals surface area contributed by atoms with E-state index in [0.29, 0.717) is 12.0 Å². The van der Waals surface area contributed by atoms with E-state index in [1.54, 1.807) is 0 Å². The number of rotatable bonds is 1. The molecule has 0 unspecified atom stereocenters. The first-order chi connectivity index (χ1) is 4.88. The maximum atomic E-state index is 5.05. The number of aromatic nitrogens is 2. The van der Waals surface area contributed by atoms with Gasteiger partial charge in [0, 0.05) is 12.6 Å². The summed E-state index contributed by atoms with van der Waals surface area (Å²) in [5.74, 6) is 1.19. The molecule has 0 aliphatic carbocycles. The lowest BCUT2D eigenvalue weighted by Gasteiger charge is -2.32. The first-order valence-electron chi connectivity index (χ1n) is 3.37. The predicted octanol–water partition coefficient (Wildman–Crippen LogP) is 0.145. The van der Waals surface area contributed by atoms with Crippen LogP contribution in [0.5, 0.6) is 0 Å². The van der Waals surface area contributed by atoms with Crippen LogP contribution < -0.4 is 5.32 Å². The fourth-order valence-corrected chi connectivity index (χ4v) is 1.12. The molecule has 0 spiro atoms. The molecule has 0 amide bonds. The van der Waals surface area contributed by atoms with E-state index in [0.717, 1.165) is 12.4 Å². The first kappa shape index (κ1) is 5.85. The highest BCUT2D eigenvalue weighted by atomic mass is 16.4. The topological polar surface area (TPSA) is 51.0 Å². The van der Waals surface area contributed by atoms with Crippen LogP contribution >= 0.6 is 0 Å². The van der Waals surface area contributed by atoms with Gasteiger partial charge >= 0.3 is 0 Å². The molecule has 1 aliphatic heterocycles. The number of hydrogen-bond donors (Lipinski definition) is 1. The molecule has 1 aliphatic rings. The summed E-state index contributed by atoms with van der Waals surface area (Å²) in [6.45, 7) is 3.07. The van der Waals surface area contributed by atoms with Crippen molar-refractivity contribution in [3.8, 4) is 0 Å². The monoisotopic (exact) mass is 139 g/mol. The molecule has 0 aromatic carbocycles. The predicted molar refractivity (Wildman–Crippen MR) is 34.5 cm³/mol. The molecule has 54 valence electrons. The Morgan fingerprint density at radius 3 is 3.10 bits per heavy atom. The van der Waals surface area contributed by atoms with Crippen molar-refractivity contribution in [1.29, 1.82) is 0 Å². The zero-order valence-electron chi connectivity index (χ0n) is 5.74. The normalized spacial score (nSPS) is 31.7. The van der Waals surface area contributed by atoms with Gasteiger partial charge in [0.15, 0.2) is 0 Å². The molecule has 1 N–H and O–H groups in total. The third-order valence-corrected chi connectivity index (χ3v) is 1.96. The van der Waals surface area contributed by atoms with Gasteiger partial charge in [-0.1, -0.05) is 0 Å². The van der Waals surface area contributed by atoms with E-state index in [-0.39, 0.29) is 0 Å². The fraction of sp³-hybridized carbons (Fsp3) is 0.667. The van der Waals surface area contributed by atoms with Gasteiger partial charge in [-0.15, -0.1) is 10.2 Å². The molecule has 10 heavy (non-hydrogen) atoms. The van der Waals surface area contributed by atoms with Crippen molar-refractivity contribution in [2.45, 2.75) is 18.9 Å². The van der Waals surface area contributed by atoms with Crippen molar-refractivity contribution in [2.75, 3.05) is 6.54 Å². The van der Waals surface area contributed by atoms with Crippen LogP contribution in [0.3, 0.4) is 0 Å². The maximum absolute atomic E-state index is 5.05. The third-order valence-electron chi connectivity index (χ3n) is 1.96. The highest BCUT2D eigenvalue weighted by Gasteiger charge is 2.31. The minimum absolute atomic E-state index is 0.433. The SMILES string of the molecule is C[C@H]1NC[C@@H]1c1nnco1. The molecule has 4 heteroatoms. The van der Waals surface area contributed by atoms with Crippen LogP contribution in [0.25, 0.3) is 0 Å². The van der Waals surface area contributed by atoms with Gasteiger partial charge in [-0.3, -0.25) is 0 Å². The maximum Gasteiger partial charge on any atom is 0.222 e. The molecule has 1 aromatic rings. The standard InChI is InChI=1S/C6H9N3O/c1-4-5(2-7-4)6-9-8-3-10-6/h3-5,7H,2H2,1H3/t4-,5+/m1/s1. The summed E-state index contributed by atoms with van der Waals surface area (Å²) in [5.41, 5.74) is 0. The number of nitrogens with zero attached hydrogens (tertiary/aromatic N) is 2. The van der Waals surface area contributed by atoms with Crippen molar-refractivity contribution in [3.63, 3.8) is 0 Å². The summed E-state index contributed by atoms with van der Waals surface area (Å²) < 4.78 is 5.05. The van der Waals surface area contributed by atoms with Crippen molar-refractivity contribution in [2.24, 2.45) is 0 Å². The highest BCUT2D eigenvalue weighted by Crippen LogP contribution is 2.22. The van der Waals surface area contributed by atoms with Crippen LogP contribution in [-0.2, 0) is 0 Å². The average molecular weight is 139 g/mol. The summed E-state index contributed by atoms with van der Waals surface area (Å²) in [4.78, 5) is 0. The summed E-state index contributed by atoms with van der Waals surface area (Å²) in [6.07, 6.45) is 1.38. The second-order valence-electron chi connectivity index (χ2n) is 2.58. The van der Waals surface area contributed by atoms with Gasteiger partial charge < -0.3 is 9.73 Å². The lowest BCUT2D eigenvalue weighted by molar-refractivity contribution is 0.280. The Kier molecular flexibility index (Phi) is 1.20. The van der Waals surface area contributed by atoms with Crippen molar-refractivity contribution >= 4 is 0 Å². The Balaban J connectivity index is 2.14. The number of hydrogen-bond acceptors (Lipinski definition) is 4. The van der Waals surface area contributed by atoms with Gasteiger partial charge in [0.05, 0.1) is 5.92 Å². The second-order valence-corrected chi connectivity index (χ2v) is 2.58. The first-order valence-corrected chi connectivity index (χ1v) is 3.37. The molecule has 4 nitrogen and oxygen atoms in total. The molecule has 1 aromatic heterocycles. The van der Waals surface area contributed by atoms with E-state index in [1.165, 1.54) is 6.39 Å². The Morgan fingerprint density at radius 2 is 2.70 bits per heavy atom. The van der Waals surface area contributed by atoms with Crippen molar-refractivity contribution in [3.05, 3.63) is 12.3 Å². The van der Waals surface area contributed by atoms with Gasteiger partial charge in [0.1, 0.15) is 0 Å². The fourth-order valence-electron chi connectivity index (χ4n) is 1.12. The zero-order chi connectivity index (χ0) is 6.97. The Hall–Kier alpha value is -0.900. The van der Waals surface area contributed by atoms with Crippen LogP contribution in [0.2, 0.25) is 0 Å². The van der Waals surface area contributed by atoms with E-state index < -0.39 is 0 Å². The average Bonchev–Trinajstić information content (AvgIpc) is 2.37. The Morgan fingerprint density at radius 1 is 1.80 bits per heavy atom. The molecule has 2 heterocycles. The van der Waals surface area contributed by atoms with Crippen LogP contribution in [0, 0.1) is 0 Å². The molecular formula is C6H9N3O. The van der Waals surface area contributed by atoms with Gasteiger partial charge in [-0.2, -0.15) is 0 Å². The van der Waals surface area contributed by atoms with E-state index in [9.17, 15) is 0 Å². The van der Waals surface area contributed by atoms with E-state index in [2.05, 4.69) is 22.4 Å². The molecule has 2 atom stereocenters. The van der Waals surface area contributed by atoms with Crippen LogP contribution in [0.15, 0.2) is 10.8 Å². The van der Waals surface area contributed by atoms with Gasteiger partial charge in [-0.25, -0.2) is 0 Å². The summed E-state index contributed by atoms with van der Waals surface area (Å²) >= 11 is 0. The Labute approximate surface area is 58.6 Å². The van der Waals surface area contributed by atoms with E-state index in [4.69, 9.17) is 4.42 Å². The van der Waals surface area contributed by atoms with Crippen LogP contribution in [0.1, 0.15) is 18.7 Å². The van der Waals surface area contributed by atoms with E-state index >= 15 is 0 Å². The summed E-state index contributed by atoms with van der Waals surface area (Å²) in [6, 6.07) is 0.487. The minimum Gasteiger partial charge on any atom is -0.428 e. The van der Waals surface area contributed by atoms with Gasteiger partial charge in [0.2, 0.25) is 12.3 Å². The molecule has 0 saturated carbocycles. The molecule has 0 bridgehead atoms. The van der Waals surface area contributed by atoms with Crippen molar-refractivity contribution in [1.82, 2.24) is 15.5 Å². The number of nitrogens with one attached hydrogen (secondary N) is 1. The molecule has 1 saturated heterocycles. The molecular weight excluding hydrogens is 130 g/mol. The lowest BCUT2D eigenvalue weighted by Crippen LogP contribution is -2.49. The largest absolute Gasteiger partial charge is 0.428 e. The quantitative estimate of drug-likeness (QED) is 0.601. The molecule has 2 rings (SSSR count). The lowest BCUT2D eigenvalue weighted by atomic mass is 9.93. The molecule has 0 radical (unpaired) electrons. The minimum atomic E-state index is 0.433. The smallest absolute Gasteiger partial charge is 0.222 e. The van der Waals surface area contributed by atoms with Crippen LogP contribution in [-0.4, -0.2) is 22.8 Å².